The minimum absolute atomic E-state index is 0.00346. The fourth-order valence-corrected chi connectivity index (χ4v) is 2.73. The van der Waals surface area contributed by atoms with E-state index in [1.54, 1.807) is 0 Å². The number of rotatable bonds is 6. The molecule has 3 nitrogen and oxygen atoms in total. The van der Waals surface area contributed by atoms with E-state index >= 15 is 0 Å². The zero-order valence-electron chi connectivity index (χ0n) is 13.0. The van der Waals surface area contributed by atoms with Crippen molar-refractivity contribution in [2.75, 3.05) is 13.1 Å². The highest BCUT2D eigenvalue weighted by Gasteiger charge is 2.14. The Morgan fingerprint density at radius 1 is 1.25 bits per heavy atom. The van der Waals surface area contributed by atoms with Crippen LogP contribution in [0.25, 0.3) is 0 Å². The molecule has 0 aliphatic rings. The molecule has 1 amide bonds. The van der Waals surface area contributed by atoms with Gasteiger partial charge in [0.2, 0.25) is 0 Å². The summed E-state index contributed by atoms with van der Waals surface area (Å²) in [7, 11) is 0. The fourth-order valence-electron chi connectivity index (χ4n) is 2.36. The maximum Gasteiger partial charge on any atom is 0.251 e. The normalized spacial score (nSPS) is 11.4. The van der Waals surface area contributed by atoms with Gasteiger partial charge in [-0.05, 0) is 52.3 Å². The van der Waals surface area contributed by atoms with Gasteiger partial charge in [-0.3, -0.25) is 9.69 Å². The van der Waals surface area contributed by atoms with Crippen LogP contribution in [0, 0.1) is 6.92 Å². The van der Waals surface area contributed by atoms with E-state index in [-0.39, 0.29) is 5.91 Å². The van der Waals surface area contributed by atoms with Crippen molar-refractivity contribution in [3.05, 3.63) is 33.8 Å². The summed E-state index contributed by atoms with van der Waals surface area (Å²) in [6, 6.07) is 6.67. The summed E-state index contributed by atoms with van der Waals surface area (Å²) in [5.41, 5.74) is 1.72. The van der Waals surface area contributed by atoms with Crippen LogP contribution >= 0.6 is 15.9 Å². The first-order chi connectivity index (χ1) is 9.34. The standard InChI is InChI=1S/C16H25BrN2O/c1-11(2)19(12(3)4)10-9-18-16(20)14-7-6-8-15(17)13(14)5/h6-8,11-12H,9-10H2,1-5H3,(H,18,20). The topological polar surface area (TPSA) is 32.3 Å². The minimum atomic E-state index is -0.00346. The molecule has 0 saturated heterocycles. The number of hydrogen-bond donors (Lipinski definition) is 1. The number of nitrogens with zero attached hydrogens (tertiary/aromatic N) is 1. The number of amides is 1. The second-order valence-corrected chi connectivity index (χ2v) is 6.45. The largest absolute Gasteiger partial charge is 0.351 e. The van der Waals surface area contributed by atoms with Crippen molar-refractivity contribution in [2.45, 2.75) is 46.7 Å². The van der Waals surface area contributed by atoms with Crippen LogP contribution in [0.15, 0.2) is 22.7 Å². The van der Waals surface area contributed by atoms with Crippen LogP contribution in [-0.2, 0) is 0 Å². The van der Waals surface area contributed by atoms with E-state index in [4.69, 9.17) is 0 Å². The summed E-state index contributed by atoms with van der Waals surface area (Å²) < 4.78 is 0.969. The number of carbonyl (C=O) groups excluding carboxylic acids is 1. The molecule has 1 aromatic rings. The lowest BCUT2D eigenvalue weighted by Crippen LogP contribution is -2.42. The molecule has 0 radical (unpaired) electrons. The molecule has 0 unspecified atom stereocenters. The smallest absolute Gasteiger partial charge is 0.251 e. The number of carbonyl (C=O) groups is 1. The van der Waals surface area contributed by atoms with Gasteiger partial charge in [0.25, 0.3) is 5.91 Å². The molecular formula is C16H25BrN2O. The SMILES string of the molecule is Cc1c(Br)cccc1C(=O)NCCN(C(C)C)C(C)C. The van der Waals surface area contributed by atoms with Gasteiger partial charge in [-0.25, -0.2) is 0 Å². The summed E-state index contributed by atoms with van der Waals surface area (Å²) in [5, 5.41) is 3.01. The first-order valence-electron chi connectivity index (χ1n) is 7.13. The van der Waals surface area contributed by atoms with Gasteiger partial charge >= 0.3 is 0 Å². The molecule has 0 saturated carbocycles. The molecule has 1 aromatic carbocycles. The predicted molar refractivity (Wildman–Crippen MR) is 88.2 cm³/mol. The van der Waals surface area contributed by atoms with Crippen LogP contribution in [0.4, 0.5) is 0 Å². The molecule has 4 heteroatoms. The van der Waals surface area contributed by atoms with Crippen LogP contribution < -0.4 is 5.32 Å². The van der Waals surface area contributed by atoms with Crippen LogP contribution in [0.5, 0.6) is 0 Å². The lowest BCUT2D eigenvalue weighted by atomic mass is 10.1. The Morgan fingerprint density at radius 2 is 1.85 bits per heavy atom. The van der Waals surface area contributed by atoms with E-state index in [9.17, 15) is 4.79 Å². The highest BCUT2D eigenvalue weighted by molar-refractivity contribution is 9.10. The van der Waals surface area contributed by atoms with Crippen LogP contribution in [0.3, 0.4) is 0 Å². The molecule has 0 fully saturated rings. The lowest BCUT2D eigenvalue weighted by Gasteiger charge is -2.30. The minimum Gasteiger partial charge on any atom is -0.351 e. The molecule has 112 valence electrons. The zero-order chi connectivity index (χ0) is 15.3. The third-order valence-electron chi connectivity index (χ3n) is 3.49. The fraction of sp³-hybridized carbons (Fsp3) is 0.562. The number of nitrogens with one attached hydrogen (secondary N) is 1. The van der Waals surface area contributed by atoms with Gasteiger partial charge in [0.15, 0.2) is 0 Å². The van der Waals surface area contributed by atoms with Crippen molar-refractivity contribution in [3.63, 3.8) is 0 Å². The van der Waals surface area contributed by atoms with Crippen molar-refractivity contribution >= 4 is 21.8 Å². The predicted octanol–water partition coefficient (Wildman–Crippen LogP) is 3.61. The Labute approximate surface area is 130 Å². The second-order valence-electron chi connectivity index (χ2n) is 5.59. The summed E-state index contributed by atoms with van der Waals surface area (Å²) >= 11 is 3.46. The number of halogens is 1. The third-order valence-corrected chi connectivity index (χ3v) is 4.35. The number of benzene rings is 1. The van der Waals surface area contributed by atoms with E-state index in [0.29, 0.717) is 18.6 Å². The van der Waals surface area contributed by atoms with E-state index < -0.39 is 0 Å². The molecule has 1 rings (SSSR count). The van der Waals surface area contributed by atoms with Gasteiger partial charge in [-0.15, -0.1) is 0 Å². The summed E-state index contributed by atoms with van der Waals surface area (Å²) in [6.45, 7) is 12.2. The van der Waals surface area contributed by atoms with Crippen molar-refractivity contribution in [1.82, 2.24) is 10.2 Å². The number of hydrogen-bond acceptors (Lipinski definition) is 2. The maximum absolute atomic E-state index is 12.2. The molecule has 0 bridgehead atoms. The van der Waals surface area contributed by atoms with Gasteiger partial charge in [0.05, 0.1) is 0 Å². The van der Waals surface area contributed by atoms with Gasteiger partial charge in [0.1, 0.15) is 0 Å². The van der Waals surface area contributed by atoms with Crippen LogP contribution in [0.2, 0.25) is 0 Å². The average Bonchev–Trinajstić information content (AvgIpc) is 2.36. The highest BCUT2D eigenvalue weighted by Crippen LogP contribution is 2.19. The quantitative estimate of drug-likeness (QED) is 0.857. The van der Waals surface area contributed by atoms with E-state index in [1.165, 1.54) is 0 Å². The van der Waals surface area contributed by atoms with Crippen LogP contribution in [-0.4, -0.2) is 36.0 Å². The Kier molecular flexibility index (Phi) is 6.69. The molecule has 0 aliphatic carbocycles. The molecular weight excluding hydrogens is 316 g/mol. The van der Waals surface area contributed by atoms with Crippen molar-refractivity contribution in [1.29, 1.82) is 0 Å². The van der Waals surface area contributed by atoms with Crippen molar-refractivity contribution < 1.29 is 4.79 Å². The van der Waals surface area contributed by atoms with E-state index in [2.05, 4.69) is 53.8 Å². The average molecular weight is 341 g/mol. The lowest BCUT2D eigenvalue weighted by molar-refractivity contribution is 0.0938. The van der Waals surface area contributed by atoms with Gasteiger partial charge < -0.3 is 5.32 Å². The maximum atomic E-state index is 12.2. The Balaban J connectivity index is 2.58. The molecule has 1 N–H and O–H groups in total. The zero-order valence-corrected chi connectivity index (χ0v) is 14.6. The third kappa shape index (κ3) is 4.60. The molecule has 20 heavy (non-hydrogen) atoms. The monoisotopic (exact) mass is 340 g/mol. The van der Waals surface area contributed by atoms with E-state index in [1.807, 2.05) is 25.1 Å². The first-order valence-corrected chi connectivity index (χ1v) is 7.93. The van der Waals surface area contributed by atoms with Crippen molar-refractivity contribution in [3.8, 4) is 0 Å². The van der Waals surface area contributed by atoms with E-state index in [0.717, 1.165) is 22.1 Å². The molecule has 0 aromatic heterocycles. The summed E-state index contributed by atoms with van der Waals surface area (Å²) in [6.07, 6.45) is 0. The first kappa shape index (κ1) is 17.2. The van der Waals surface area contributed by atoms with Crippen molar-refractivity contribution in [2.24, 2.45) is 0 Å². The molecule has 0 aliphatic heterocycles. The summed E-state index contributed by atoms with van der Waals surface area (Å²) in [4.78, 5) is 14.6. The van der Waals surface area contributed by atoms with Gasteiger partial charge in [-0.2, -0.15) is 0 Å². The second kappa shape index (κ2) is 7.79. The highest BCUT2D eigenvalue weighted by atomic mass is 79.9. The summed E-state index contributed by atoms with van der Waals surface area (Å²) in [5.74, 6) is -0.00346. The Bertz CT molecular complexity index is 450. The van der Waals surface area contributed by atoms with Gasteiger partial charge in [0, 0.05) is 35.2 Å². The molecule has 0 spiro atoms. The molecule has 0 heterocycles. The van der Waals surface area contributed by atoms with Gasteiger partial charge in [-0.1, -0.05) is 22.0 Å². The molecule has 0 atom stereocenters. The Hall–Kier alpha value is -0.870. The Morgan fingerprint density at radius 3 is 2.40 bits per heavy atom. The van der Waals surface area contributed by atoms with Crippen LogP contribution in [0.1, 0.15) is 43.6 Å².